The van der Waals surface area contributed by atoms with Gasteiger partial charge in [0.2, 0.25) is 5.88 Å². The van der Waals surface area contributed by atoms with Gasteiger partial charge in [-0.15, -0.1) is 0 Å². The lowest BCUT2D eigenvalue weighted by Crippen LogP contribution is -2.28. The molecule has 4 heteroatoms. The van der Waals surface area contributed by atoms with E-state index in [1.807, 2.05) is 6.07 Å². The number of aromatic nitrogens is 1. The van der Waals surface area contributed by atoms with Gasteiger partial charge in [-0.05, 0) is 26.8 Å². The standard InChI is InChI=1S/C11H14N2O2/c1-8-9(6-12)4-5-10(13-8)15-7-11(2,3)14/h4-5,14H,7H2,1-3H3. The van der Waals surface area contributed by atoms with Crippen LogP contribution in [0.2, 0.25) is 0 Å². The van der Waals surface area contributed by atoms with Gasteiger partial charge in [0.05, 0.1) is 16.9 Å². The molecule has 0 fully saturated rings. The molecule has 1 N–H and O–H groups in total. The van der Waals surface area contributed by atoms with Gasteiger partial charge in [-0.1, -0.05) is 0 Å². The maximum Gasteiger partial charge on any atom is 0.213 e. The van der Waals surface area contributed by atoms with E-state index in [2.05, 4.69) is 4.98 Å². The summed E-state index contributed by atoms with van der Waals surface area (Å²) in [5.74, 6) is 0.425. The molecule has 4 nitrogen and oxygen atoms in total. The van der Waals surface area contributed by atoms with Crippen LogP contribution in [0.25, 0.3) is 0 Å². The van der Waals surface area contributed by atoms with Crippen LogP contribution in [0, 0.1) is 18.3 Å². The molecule has 0 spiro atoms. The van der Waals surface area contributed by atoms with E-state index in [9.17, 15) is 5.11 Å². The molecule has 0 aliphatic rings. The number of hydrogen-bond donors (Lipinski definition) is 1. The van der Waals surface area contributed by atoms with Crippen LogP contribution >= 0.6 is 0 Å². The zero-order chi connectivity index (χ0) is 11.5. The van der Waals surface area contributed by atoms with Crippen LogP contribution in [0.15, 0.2) is 12.1 Å². The minimum atomic E-state index is -0.885. The van der Waals surface area contributed by atoms with Crippen LogP contribution in [0.3, 0.4) is 0 Å². The van der Waals surface area contributed by atoms with Crippen LogP contribution < -0.4 is 4.74 Å². The first-order valence-corrected chi connectivity index (χ1v) is 4.65. The third-order valence-corrected chi connectivity index (χ3v) is 1.75. The maximum atomic E-state index is 9.44. The molecule has 0 amide bonds. The van der Waals surface area contributed by atoms with Crippen molar-refractivity contribution in [1.82, 2.24) is 4.98 Å². The van der Waals surface area contributed by atoms with Gasteiger partial charge in [-0.25, -0.2) is 4.98 Å². The van der Waals surface area contributed by atoms with Crippen molar-refractivity contribution in [2.75, 3.05) is 6.61 Å². The predicted molar refractivity (Wildman–Crippen MR) is 55.5 cm³/mol. The number of pyridine rings is 1. The van der Waals surface area contributed by atoms with Crippen molar-refractivity contribution in [3.8, 4) is 11.9 Å². The topological polar surface area (TPSA) is 66.1 Å². The van der Waals surface area contributed by atoms with Crippen molar-refractivity contribution in [2.24, 2.45) is 0 Å². The van der Waals surface area contributed by atoms with E-state index in [1.165, 1.54) is 0 Å². The lowest BCUT2D eigenvalue weighted by Gasteiger charge is -2.17. The molecule has 0 radical (unpaired) electrons. The summed E-state index contributed by atoms with van der Waals surface area (Å²) in [6, 6.07) is 5.30. The Morgan fingerprint density at radius 1 is 1.53 bits per heavy atom. The Balaban J connectivity index is 2.73. The largest absolute Gasteiger partial charge is 0.475 e. The molecule has 1 aromatic rings. The van der Waals surface area contributed by atoms with E-state index >= 15 is 0 Å². The van der Waals surface area contributed by atoms with Gasteiger partial charge in [0.15, 0.2) is 0 Å². The van der Waals surface area contributed by atoms with Gasteiger partial charge in [0, 0.05) is 6.07 Å². The highest BCUT2D eigenvalue weighted by Crippen LogP contribution is 2.13. The quantitative estimate of drug-likeness (QED) is 0.812. The van der Waals surface area contributed by atoms with Crippen molar-refractivity contribution >= 4 is 0 Å². The van der Waals surface area contributed by atoms with Crippen molar-refractivity contribution in [1.29, 1.82) is 5.26 Å². The second-order valence-electron chi connectivity index (χ2n) is 4.00. The summed E-state index contributed by atoms with van der Waals surface area (Å²) in [5.41, 5.74) is 0.278. The molecule has 0 aliphatic heterocycles. The maximum absolute atomic E-state index is 9.44. The SMILES string of the molecule is Cc1nc(OCC(C)(C)O)ccc1C#N. The van der Waals surface area contributed by atoms with Crippen LogP contribution in [-0.4, -0.2) is 22.3 Å². The fraction of sp³-hybridized carbons (Fsp3) is 0.455. The molecular weight excluding hydrogens is 192 g/mol. The van der Waals surface area contributed by atoms with Crippen LogP contribution in [0.5, 0.6) is 5.88 Å². The first-order valence-electron chi connectivity index (χ1n) is 4.65. The van der Waals surface area contributed by atoms with Crippen molar-refractivity contribution in [2.45, 2.75) is 26.4 Å². The van der Waals surface area contributed by atoms with Gasteiger partial charge in [0.25, 0.3) is 0 Å². The smallest absolute Gasteiger partial charge is 0.213 e. The Morgan fingerprint density at radius 3 is 2.67 bits per heavy atom. The molecule has 0 unspecified atom stereocenters. The Kier molecular flexibility index (Phi) is 3.28. The normalized spacial score (nSPS) is 10.9. The summed E-state index contributed by atoms with van der Waals surface area (Å²) in [7, 11) is 0. The molecule has 80 valence electrons. The third-order valence-electron chi connectivity index (χ3n) is 1.75. The number of aryl methyl sites for hydroxylation is 1. The molecule has 0 saturated carbocycles. The second-order valence-corrected chi connectivity index (χ2v) is 4.00. The zero-order valence-electron chi connectivity index (χ0n) is 9.11. The summed E-state index contributed by atoms with van der Waals surface area (Å²) in [5, 5.41) is 18.1. The van der Waals surface area contributed by atoms with E-state index in [0.717, 1.165) is 0 Å². The van der Waals surface area contributed by atoms with Crippen molar-refractivity contribution in [3.05, 3.63) is 23.4 Å². The average molecular weight is 206 g/mol. The highest BCUT2D eigenvalue weighted by atomic mass is 16.5. The summed E-state index contributed by atoms with van der Waals surface area (Å²) < 4.78 is 5.28. The Labute approximate surface area is 89.1 Å². The molecule has 0 atom stereocenters. The molecule has 0 saturated heterocycles. The molecule has 1 rings (SSSR count). The van der Waals surface area contributed by atoms with Gasteiger partial charge in [0.1, 0.15) is 12.7 Å². The molecular formula is C11H14N2O2. The van der Waals surface area contributed by atoms with Crippen LogP contribution in [-0.2, 0) is 0 Å². The van der Waals surface area contributed by atoms with E-state index in [0.29, 0.717) is 17.1 Å². The van der Waals surface area contributed by atoms with E-state index in [4.69, 9.17) is 10.00 Å². The first-order chi connectivity index (χ1) is 6.92. The Bertz CT molecular complexity index is 389. The lowest BCUT2D eigenvalue weighted by atomic mass is 10.2. The number of aliphatic hydroxyl groups is 1. The molecule has 0 aromatic carbocycles. The first kappa shape index (κ1) is 11.5. The van der Waals surface area contributed by atoms with E-state index in [1.54, 1.807) is 32.9 Å². The van der Waals surface area contributed by atoms with Crippen molar-refractivity contribution in [3.63, 3.8) is 0 Å². The summed E-state index contributed by atoms with van der Waals surface area (Å²) in [4.78, 5) is 4.09. The number of nitriles is 1. The number of rotatable bonds is 3. The van der Waals surface area contributed by atoms with Crippen LogP contribution in [0.1, 0.15) is 25.1 Å². The van der Waals surface area contributed by atoms with Crippen molar-refractivity contribution < 1.29 is 9.84 Å². The monoisotopic (exact) mass is 206 g/mol. The summed E-state index contributed by atoms with van der Waals surface area (Å²) in [6.45, 7) is 5.23. The predicted octanol–water partition coefficient (Wildman–Crippen LogP) is 1.41. The number of hydrogen-bond acceptors (Lipinski definition) is 4. The second kappa shape index (κ2) is 4.28. The van der Waals surface area contributed by atoms with Gasteiger partial charge in [-0.3, -0.25) is 0 Å². The van der Waals surface area contributed by atoms with E-state index in [-0.39, 0.29) is 6.61 Å². The van der Waals surface area contributed by atoms with Gasteiger partial charge >= 0.3 is 0 Å². The fourth-order valence-electron chi connectivity index (χ4n) is 0.987. The highest BCUT2D eigenvalue weighted by Gasteiger charge is 2.13. The molecule has 1 aromatic heterocycles. The van der Waals surface area contributed by atoms with E-state index < -0.39 is 5.60 Å². The third kappa shape index (κ3) is 3.56. The minimum Gasteiger partial charge on any atom is -0.475 e. The number of ether oxygens (including phenoxy) is 1. The zero-order valence-corrected chi connectivity index (χ0v) is 9.11. The minimum absolute atomic E-state index is 0.172. The van der Waals surface area contributed by atoms with Crippen LogP contribution in [0.4, 0.5) is 0 Å². The Hall–Kier alpha value is -1.60. The van der Waals surface area contributed by atoms with Gasteiger partial charge in [-0.2, -0.15) is 5.26 Å². The Morgan fingerprint density at radius 2 is 2.20 bits per heavy atom. The average Bonchev–Trinajstić information content (AvgIpc) is 2.14. The summed E-state index contributed by atoms with van der Waals surface area (Å²) >= 11 is 0. The molecule has 1 heterocycles. The lowest BCUT2D eigenvalue weighted by molar-refractivity contribution is 0.0268. The summed E-state index contributed by atoms with van der Waals surface area (Å²) in [6.07, 6.45) is 0. The molecule has 0 bridgehead atoms. The number of nitrogens with zero attached hydrogens (tertiary/aromatic N) is 2. The molecule has 0 aliphatic carbocycles. The highest BCUT2D eigenvalue weighted by molar-refractivity contribution is 5.34. The van der Waals surface area contributed by atoms with Gasteiger partial charge < -0.3 is 9.84 Å². The fourth-order valence-corrected chi connectivity index (χ4v) is 0.987. The molecule has 15 heavy (non-hydrogen) atoms.